The first-order valence-electron chi connectivity index (χ1n) is 5.43. The van der Waals surface area contributed by atoms with Crippen LogP contribution in [0.3, 0.4) is 0 Å². The summed E-state index contributed by atoms with van der Waals surface area (Å²) in [6, 6.07) is 9.57. The topological polar surface area (TPSA) is 85.9 Å². The Labute approximate surface area is 102 Å². The van der Waals surface area contributed by atoms with Crippen LogP contribution in [0.4, 0.5) is 0 Å². The highest BCUT2D eigenvalue weighted by Gasteiger charge is 2.05. The minimum Gasteiger partial charge on any atom is -0.494 e. The maximum atomic E-state index is 11.4. The van der Waals surface area contributed by atoms with Crippen molar-refractivity contribution in [1.29, 1.82) is 0 Å². The van der Waals surface area contributed by atoms with Gasteiger partial charge in [-0.25, -0.2) is 4.79 Å². The number of H-pyrrole nitrogens is 2. The van der Waals surface area contributed by atoms with E-state index in [1.807, 2.05) is 36.4 Å². The number of aromatic nitrogens is 2. The van der Waals surface area contributed by atoms with Crippen LogP contribution in [0.15, 0.2) is 46.0 Å². The molecule has 5 nitrogen and oxygen atoms in total. The predicted molar refractivity (Wildman–Crippen MR) is 68.5 cm³/mol. The molecule has 1 heterocycles. The van der Waals surface area contributed by atoms with Gasteiger partial charge in [-0.2, -0.15) is 0 Å². The highest BCUT2D eigenvalue weighted by atomic mass is 16.3. The van der Waals surface area contributed by atoms with Crippen LogP contribution >= 0.6 is 0 Å². The Hall–Kier alpha value is -2.56. The number of aromatic amines is 2. The molecular weight excluding hydrogens is 232 g/mol. The lowest BCUT2D eigenvalue weighted by Crippen LogP contribution is -2.24. The fraction of sp³-hybridized carbons (Fsp3) is 0.0769. The first kappa shape index (κ1) is 11.9. The summed E-state index contributed by atoms with van der Waals surface area (Å²) in [5.74, 6) is -0.388. The van der Waals surface area contributed by atoms with E-state index < -0.39 is 11.2 Å². The molecule has 1 aromatic carbocycles. The Morgan fingerprint density at radius 1 is 1.11 bits per heavy atom. The Morgan fingerprint density at radius 2 is 1.83 bits per heavy atom. The molecule has 2 rings (SSSR count). The zero-order valence-electron chi connectivity index (χ0n) is 9.51. The van der Waals surface area contributed by atoms with Gasteiger partial charge in [-0.3, -0.25) is 14.8 Å². The zero-order chi connectivity index (χ0) is 13.0. The quantitative estimate of drug-likeness (QED) is 0.753. The maximum absolute atomic E-state index is 11.4. The summed E-state index contributed by atoms with van der Waals surface area (Å²) in [6.45, 7) is 0. The van der Waals surface area contributed by atoms with Crippen molar-refractivity contribution in [2.45, 2.75) is 6.42 Å². The second kappa shape index (κ2) is 5.18. The van der Waals surface area contributed by atoms with Gasteiger partial charge in [0.1, 0.15) is 0 Å². The molecule has 0 bridgehead atoms. The SMILES string of the molecule is O=c1[nH]c(O)c(C/C=C/c2ccccc2)c(=O)[nH]1. The molecule has 0 fully saturated rings. The molecule has 0 aliphatic carbocycles. The monoisotopic (exact) mass is 244 g/mol. The fourth-order valence-electron chi connectivity index (χ4n) is 1.57. The van der Waals surface area contributed by atoms with Gasteiger partial charge in [0.2, 0.25) is 5.88 Å². The first-order chi connectivity index (χ1) is 8.66. The van der Waals surface area contributed by atoms with Gasteiger partial charge in [-0.15, -0.1) is 0 Å². The predicted octanol–water partition coefficient (Wildman–Crippen LogP) is 1.02. The minimum absolute atomic E-state index is 0.141. The summed E-state index contributed by atoms with van der Waals surface area (Å²) in [5.41, 5.74) is -0.151. The van der Waals surface area contributed by atoms with E-state index in [4.69, 9.17) is 0 Å². The molecular formula is C13H12N2O3. The van der Waals surface area contributed by atoms with E-state index in [1.165, 1.54) is 0 Å². The molecule has 0 atom stereocenters. The molecule has 2 aromatic rings. The highest BCUT2D eigenvalue weighted by molar-refractivity contribution is 5.49. The van der Waals surface area contributed by atoms with Crippen molar-refractivity contribution in [3.05, 3.63) is 68.4 Å². The first-order valence-corrected chi connectivity index (χ1v) is 5.43. The Bertz CT molecular complexity index is 669. The molecule has 0 amide bonds. The van der Waals surface area contributed by atoms with Gasteiger partial charge in [0, 0.05) is 6.42 Å². The fourth-order valence-corrected chi connectivity index (χ4v) is 1.57. The van der Waals surface area contributed by atoms with Gasteiger partial charge >= 0.3 is 5.69 Å². The third kappa shape index (κ3) is 2.76. The van der Waals surface area contributed by atoms with Crippen molar-refractivity contribution in [2.75, 3.05) is 0 Å². The van der Waals surface area contributed by atoms with E-state index in [9.17, 15) is 14.7 Å². The Kier molecular flexibility index (Phi) is 3.43. The van der Waals surface area contributed by atoms with Crippen LogP contribution in [0.25, 0.3) is 6.08 Å². The summed E-state index contributed by atoms with van der Waals surface area (Å²) >= 11 is 0. The van der Waals surface area contributed by atoms with E-state index in [0.29, 0.717) is 0 Å². The van der Waals surface area contributed by atoms with Crippen LogP contribution in [0.1, 0.15) is 11.1 Å². The molecule has 0 unspecified atom stereocenters. The third-order valence-electron chi connectivity index (χ3n) is 2.45. The summed E-state index contributed by atoms with van der Waals surface area (Å²) in [6.07, 6.45) is 3.83. The molecule has 0 saturated carbocycles. The van der Waals surface area contributed by atoms with Crippen molar-refractivity contribution in [2.24, 2.45) is 0 Å². The average molecular weight is 244 g/mol. The number of allylic oxidation sites excluding steroid dienone is 1. The van der Waals surface area contributed by atoms with E-state index in [2.05, 4.69) is 9.97 Å². The van der Waals surface area contributed by atoms with E-state index in [-0.39, 0.29) is 17.9 Å². The Balaban J connectivity index is 2.19. The molecule has 5 heteroatoms. The normalized spacial score (nSPS) is 10.9. The molecule has 3 N–H and O–H groups in total. The number of benzene rings is 1. The van der Waals surface area contributed by atoms with Gasteiger partial charge in [0.25, 0.3) is 5.56 Å². The molecule has 0 aliphatic heterocycles. The lowest BCUT2D eigenvalue weighted by atomic mass is 10.1. The second-order valence-corrected chi connectivity index (χ2v) is 3.75. The zero-order valence-corrected chi connectivity index (χ0v) is 9.51. The van der Waals surface area contributed by atoms with Crippen LogP contribution in [0, 0.1) is 0 Å². The molecule has 92 valence electrons. The van der Waals surface area contributed by atoms with Crippen molar-refractivity contribution in [1.82, 2.24) is 9.97 Å². The Morgan fingerprint density at radius 3 is 2.50 bits per heavy atom. The van der Waals surface area contributed by atoms with Gasteiger partial charge in [0.05, 0.1) is 5.56 Å². The lowest BCUT2D eigenvalue weighted by molar-refractivity contribution is 0.442. The summed E-state index contributed by atoms with van der Waals surface area (Å²) < 4.78 is 0. The highest BCUT2D eigenvalue weighted by Crippen LogP contribution is 2.08. The van der Waals surface area contributed by atoms with E-state index in [1.54, 1.807) is 6.08 Å². The molecule has 0 saturated heterocycles. The summed E-state index contributed by atoms with van der Waals surface area (Å²) in [5, 5.41) is 9.46. The number of rotatable bonds is 3. The second-order valence-electron chi connectivity index (χ2n) is 3.75. The maximum Gasteiger partial charge on any atom is 0.328 e. The van der Waals surface area contributed by atoms with Crippen molar-refractivity contribution < 1.29 is 5.11 Å². The molecule has 1 aromatic heterocycles. The van der Waals surface area contributed by atoms with Crippen LogP contribution in [-0.4, -0.2) is 15.1 Å². The van der Waals surface area contributed by atoms with Crippen LogP contribution in [-0.2, 0) is 6.42 Å². The number of aromatic hydroxyl groups is 1. The average Bonchev–Trinajstić information content (AvgIpc) is 2.34. The third-order valence-corrected chi connectivity index (χ3v) is 2.45. The number of hydrogen-bond donors (Lipinski definition) is 3. The summed E-state index contributed by atoms with van der Waals surface area (Å²) in [4.78, 5) is 26.5. The minimum atomic E-state index is -0.715. The molecule has 0 spiro atoms. The van der Waals surface area contributed by atoms with Gasteiger partial charge in [0.15, 0.2) is 0 Å². The largest absolute Gasteiger partial charge is 0.494 e. The van der Waals surface area contributed by atoms with Gasteiger partial charge < -0.3 is 5.11 Å². The summed E-state index contributed by atoms with van der Waals surface area (Å²) in [7, 11) is 0. The number of hydrogen-bond acceptors (Lipinski definition) is 3. The molecule has 18 heavy (non-hydrogen) atoms. The molecule has 0 radical (unpaired) electrons. The van der Waals surface area contributed by atoms with Crippen LogP contribution < -0.4 is 11.2 Å². The number of nitrogens with one attached hydrogen (secondary N) is 2. The smallest absolute Gasteiger partial charge is 0.328 e. The van der Waals surface area contributed by atoms with Gasteiger partial charge in [-0.1, -0.05) is 42.5 Å². The van der Waals surface area contributed by atoms with E-state index >= 15 is 0 Å². The lowest BCUT2D eigenvalue weighted by Gasteiger charge is -1.98. The molecule has 0 aliphatic rings. The van der Waals surface area contributed by atoms with Crippen LogP contribution in [0.2, 0.25) is 0 Å². The van der Waals surface area contributed by atoms with E-state index in [0.717, 1.165) is 5.56 Å². The van der Waals surface area contributed by atoms with Crippen molar-refractivity contribution in [3.63, 3.8) is 0 Å². The van der Waals surface area contributed by atoms with Crippen molar-refractivity contribution in [3.8, 4) is 5.88 Å². The van der Waals surface area contributed by atoms with Crippen molar-refractivity contribution >= 4 is 6.08 Å². The standard InChI is InChI=1S/C13H12N2O3/c16-11-10(12(17)15-13(18)14-11)8-4-7-9-5-2-1-3-6-9/h1-7H,8H2,(H3,14,15,16,17,18)/b7-4+. The van der Waals surface area contributed by atoms with Gasteiger partial charge in [-0.05, 0) is 5.56 Å². The van der Waals surface area contributed by atoms with Crippen LogP contribution in [0.5, 0.6) is 5.88 Å².